The third-order valence-electron chi connectivity index (χ3n) is 4.20. The fourth-order valence-corrected chi connectivity index (χ4v) is 2.94. The van der Waals surface area contributed by atoms with Crippen LogP contribution in [-0.4, -0.2) is 52.5 Å². The summed E-state index contributed by atoms with van der Waals surface area (Å²) in [7, 11) is 3.26. The Labute approximate surface area is 137 Å². The highest BCUT2D eigenvalue weighted by Crippen LogP contribution is 2.33. The van der Waals surface area contributed by atoms with Crippen molar-refractivity contribution in [2.24, 2.45) is 0 Å². The van der Waals surface area contributed by atoms with Gasteiger partial charge in [-0.15, -0.1) is 0 Å². The molecule has 6 heteroatoms. The minimum absolute atomic E-state index is 0.0798. The van der Waals surface area contributed by atoms with Crippen LogP contribution < -0.4 is 20.3 Å². The molecule has 1 heterocycles. The monoisotopic (exact) mass is 319 g/mol. The van der Waals surface area contributed by atoms with Crippen molar-refractivity contribution in [1.29, 1.82) is 0 Å². The van der Waals surface area contributed by atoms with E-state index >= 15 is 0 Å². The molecular formula is C17H25N3O3. The molecule has 23 heavy (non-hydrogen) atoms. The summed E-state index contributed by atoms with van der Waals surface area (Å²) in [5, 5.41) is 6.00. The number of nitrogens with zero attached hydrogens (tertiary/aromatic N) is 1. The number of anilines is 1. The van der Waals surface area contributed by atoms with Crippen molar-refractivity contribution in [2.75, 3.05) is 45.2 Å². The highest BCUT2D eigenvalue weighted by Gasteiger charge is 2.22. The van der Waals surface area contributed by atoms with Crippen LogP contribution in [-0.2, 0) is 9.59 Å². The van der Waals surface area contributed by atoms with Crippen molar-refractivity contribution in [3.05, 3.63) is 23.8 Å². The number of carbonyl (C=O) groups is 2. The summed E-state index contributed by atoms with van der Waals surface area (Å²) < 4.78 is 5.54. The maximum Gasteiger partial charge on any atom is 0.227 e. The molecule has 2 N–H and O–H groups in total. The average Bonchev–Trinajstić information content (AvgIpc) is 2.62. The third kappa shape index (κ3) is 4.22. The van der Waals surface area contributed by atoms with Gasteiger partial charge in [0.25, 0.3) is 0 Å². The lowest BCUT2D eigenvalue weighted by molar-refractivity contribution is -0.122. The quantitative estimate of drug-likeness (QED) is 0.731. The highest BCUT2D eigenvalue weighted by molar-refractivity contribution is 5.84. The summed E-state index contributed by atoms with van der Waals surface area (Å²) in [4.78, 5) is 25.1. The molecule has 1 aliphatic heterocycles. The molecule has 0 saturated carbocycles. The van der Waals surface area contributed by atoms with Gasteiger partial charge in [-0.1, -0.05) is 6.07 Å². The van der Waals surface area contributed by atoms with E-state index in [1.807, 2.05) is 18.2 Å². The van der Waals surface area contributed by atoms with Gasteiger partial charge in [0, 0.05) is 39.6 Å². The second kappa shape index (κ2) is 8.53. The van der Waals surface area contributed by atoms with Crippen LogP contribution in [0.5, 0.6) is 5.75 Å². The Morgan fingerprint density at radius 3 is 2.78 bits per heavy atom. The Hall–Kier alpha value is -2.08. The van der Waals surface area contributed by atoms with Crippen molar-refractivity contribution in [3.63, 3.8) is 0 Å². The summed E-state index contributed by atoms with van der Waals surface area (Å²) in [5.41, 5.74) is 1.92. The molecule has 0 aromatic heterocycles. The van der Waals surface area contributed by atoms with E-state index in [4.69, 9.17) is 4.74 Å². The van der Waals surface area contributed by atoms with E-state index in [-0.39, 0.29) is 11.8 Å². The normalized spacial score (nSPS) is 15.8. The van der Waals surface area contributed by atoms with Crippen molar-refractivity contribution in [1.82, 2.24) is 10.6 Å². The molecule has 0 radical (unpaired) electrons. The molecule has 1 saturated heterocycles. The van der Waals surface area contributed by atoms with Crippen molar-refractivity contribution in [3.8, 4) is 5.75 Å². The molecule has 0 spiro atoms. The smallest absolute Gasteiger partial charge is 0.227 e. The Bertz CT molecular complexity index is 542. The lowest BCUT2D eigenvalue weighted by atomic mass is 9.93. The zero-order chi connectivity index (χ0) is 16.7. The maximum absolute atomic E-state index is 12.1. The van der Waals surface area contributed by atoms with E-state index in [9.17, 15) is 9.59 Å². The first-order chi connectivity index (χ1) is 11.2. The lowest BCUT2D eigenvalue weighted by Gasteiger charge is -2.31. The van der Waals surface area contributed by atoms with Crippen LogP contribution in [0.3, 0.4) is 0 Å². The fourth-order valence-electron chi connectivity index (χ4n) is 2.94. The number of methoxy groups -OCH3 is 1. The molecule has 1 amide bonds. The molecule has 1 aromatic rings. The van der Waals surface area contributed by atoms with Gasteiger partial charge in [0.15, 0.2) is 0 Å². The first-order valence-electron chi connectivity index (χ1n) is 8.00. The van der Waals surface area contributed by atoms with Crippen molar-refractivity contribution < 1.29 is 14.3 Å². The molecule has 1 atom stereocenters. The number of hydrogen-bond donors (Lipinski definition) is 2. The van der Waals surface area contributed by atoms with Crippen molar-refractivity contribution in [2.45, 2.75) is 18.8 Å². The number of carbonyl (C=O) groups excluding carboxylic acids is 2. The fraction of sp³-hybridized carbons (Fsp3) is 0.529. The van der Waals surface area contributed by atoms with Gasteiger partial charge >= 0.3 is 0 Å². The van der Waals surface area contributed by atoms with E-state index in [0.717, 1.165) is 49.5 Å². The van der Waals surface area contributed by atoms with Crippen molar-refractivity contribution >= 4 is 17.9 Å². The van der Waals surface area contributed by atoms with Crippen LogP contribution in [0.25, 0.3) is 0 Å². The molecule has 1 aliphatic rings. The number of aldehydes is 1. The Morgan fingerprint density at radius 2 is 2.17 bits per heavy atom. The zero-order valence-electron chi connectivity index (χ0n) is 13.8. The molecule has 1 aromatic carbocycles. The Balaban J connectivity index is 2.27. The van der Waals surface area contributed by atoms with E-state index in [2.05, 4.69) is 15.5 Å². The topological polar surface area (TPSA) is 70.7 Å². The van der Waals surface area contributed by atoms with Crippen LogP contribution in [0.4, 0.5) is 5.69 Å². The molecule has 1 fully saturated rings. The summed E-state index contributed by atoms with van der Waals surface area (Å²) in [6.07, 6.45) is 1.71. The van der Waals surface area contributed by atoms with Gasteiger partial charge in [-0.2, -0.15) is 0 Å². The molecular weight excluding hydrogens is 294 g/mol. The maximum atomic E-state index is 12.1. The molecule has 0 aliphatic carbocycles. The molecule has 0 bridgehead atoms. The van der Waals surface area contributed by atoms with Gasteiger partial charge < -0.3 is 25.1 Å². The van der Waals surface area contributed by atoms with E-state index in [1.54, 1.807) is 14.2 Å². The van der Waals surface area contributed by atoms with Crippen LogP contribution in [0, 0.1) is 0 Å². The summed E-state index contributed by atoms with van der Waals surface area (Å²) in [5.74, 6) is 0.351. The van der Waals surface area contributed by atoms with Crippen LogP contribution in [0.15, 0.2) is 18.2 Å². The first kappa shape index (κ1) is 17.3. The van der Waals surface area contributed by atoms with Gasteiger partial charge in [-0.05, 0) is 24.1 Å². The number of benzene rings is 1. The summed E-state index contributed by atoms with van der Waals surface area (Å²) in [6, 6.07) is 5.89. The Kier molecular flexibility index (Phi) is 6.40. The minimum atomic E-state index is -0.337. The highest BCUT2D eigenvalue weighted by atomic mass is 16.5. The second-order valence-electron chi connectivity index (χ2n) is 5.58. The number of ether oxygens (including phenoxy) is 1. The summed E-state index contributed by atoms with van der Waals surface area (Å²) in [6.45, 7) is 3.76. The number of amides is 1. The van der Waals surface area contributed by atoms with Gasteiger partial charge in [0.05, 0.1) is 18.7 Å². The zero-order valence-corrected chi connectivity index (χ0v) is 13.8. The average molecular weight is 319 g/mol. The van der Waals surface area contributed by atoms with Gasteiger partial charge in [-0.25, -0.2) is 0 Å². The van der Waals surface area contributed by atoms with Crippen LogP contribution in [0.1, 0.15) is 24.3 Å². The molecule has 6 nitrogen and oxygen atoms in total. The van der Waals surface area contributed by atoms with Crippen LogP contribution in [0.2, 0.25) is 0 Å². The lowest BCUT2D eigenvalue weighted by Crippen LogP contribution is -2.43. The largest absolute Gasteiger partial charge is 0.495 e. The Morgan fingerprint density at radius 1 is 1.43 bits per heavy atom. The number of nitrogens with one attached hydrogen (secondary N) is 2. The molecule has 126 valence electrons. The number of likely N-dealkylation sites (N-methyl/N-ethyl adjacent to an activating group) is 1. The number of hydrogen-bond acceptors (Lipinski definition) is 5. The standard InChI is InChI=1S/C17H25N3O3/c1-18-17(22)14(4-3-11-21)13-5-6-15(16(12-13)23-2)20-9-7-19-8-10-20/h5-6,11-12,14,19H,3-4,7-10H2,1-2H3,(H,18,22). The van der Waals surface area contributed by atoms with Gasteiger partial charge in [0.2, 0.25) is 5.91 Å². The second-order valence-corrected chi connectivity index (χ2v) is 5.58. The van der Waals surface area contributed by atoms with E-state index < -0.39 is 0 Å². The predicted molar refractivity (Wildman–Crippen MR) is 90.2 cm³/mol. The SMILES string of the molecule is CNC(=O)C(CCC=O)c1ccc(N2CCNCC2)c(OC)c1. The summed E-state index contributed by atoms with van der Waals surface area (Å²) >= 11 is 0. The van der Waals surface area contributed by atoms with E-state index in [0.29, 0.717) is 12.8 Å². The first-order valence-corrected chi connectivity index (χ1v) is 8.00. The number of piperazine rings is 1. The molecule has 1 unspecified atom stereocenters. The molecule has 2 rings (SSSR count). The van der Waals surface area contributed by atoms with E-state index in [1.165, 1.54) is 0 Å². The van der Waals surface area contributed by atoms with Crippen LogP contribution >= 0.6 is 0 Å². The number of rotatable bonds is 7. The van der Waals surface area contributed by atoms with Gasteiger partial charge in [-0.3, -0.25) is 4.79 Å². The van der Waals surface area contributed by atoms with Gasteiger partial charge in [0.1, 0.15) is 12.0 Å². The predicted octanol–water partition coefficient (Wildman–Crippen LogP) is 0.914. The minimum Gasteiger partial charge on any atom is -0.495 e. The third-order valence-corrected chi connectivity index (χ3v) is 4.20.